The van der Waals surface area contributed by atoms with E-state index in [0.29, 0.717) is 12.0 Å². The van der Waals surface area contributed by atoms with Gasteiger partial charge in [-0.15, -0.1) is 0 Å². The highest BCUT2D eigenvalue weighted by Gasteiger charge is 2.02. The van der Waals surface area contributed by atoms with Crippen molar-refractivity contribution < 1.29 is 4.79 Å². The summed E-state index contributed by atoms with van der Waals surface area (Å²) in [5.41, 5.74) is 3.54. The first-order chi connectivity index (χ1) is 16.2. The lowest BCUT2D eigenvalue weighted by Crippen LogP contribution is -2.18. The SMILES string of the molecule is CCCCCCCCCCCCCCCCCC(=O)N/N=C/c1cc2ccccc2[nH]c1=O. The summed E-state index contributed by atoms with van der Waals surface area (Å²) >= 11 is 0. The van der Waals surface area contributed by atoms with Crippen molar-refractivity contribution in [2.45, 2.75) is 110 Å². The minimum absolute atomic E-state index is 0.0989. The van der Waals surface area contributed by atoms with Gasteiger partial charge >= 0.3 is 0 Å². The number of nitrogens with zero attached hydrogens (tertiary/aromatic N) is 1. The van der Waals surface area contributed by atoms with E-state index in [1.165, 1.54) is 89.7 Å². The number of H-pyrrole nitrogens is 1. The summed E-state index contributed by atoms with van der Waals surface area (Å²) in [4.78, 5) is 26.9. The molecule has 5 heteroatoms. The Kier molecular flexibility index (Phi) is 13.9. The summed E-state index contributed by atoms with van der Waals surface area (Å²) in [5.74, 6) is -0.0989. The lowest BCUT2D eigenvalue weighted by Gasteiger charge is -2.03. The molecule has 0 spiro atoms. The van der Waals surface area contributed by atoms with Crippen molar-refractivity contribution in [1.29, 1.82) is 0 Å². The molecule has 2 rings (SSSR count). The van der Waals surface area contributed by atoms with E-state index < -0.39 is 0 Å². The molecule has 0 unspecified atom stereocenters. The van der Waals surface area contributed by atoms with Crippen molar-refractivity contribution in [2.75, 3.05) is 0 Å². The molecule has 0 radical (unpaired) electrons. The molecule has 0 aliphatic rings. The predicted octanol–water partition coefficient (Wildman–Crippen LogP) is 7.24. The summed E-state index contributed by atoms with van der Waals surface area (Å²) in [6.07, 6.45) is 21.5. The van der Waals surface area contributed by atoms with Crippen LogP contribution in [-0.4, -0.2) is 17.1 Å². The Balaban J connectivity index is 1.44. The van der Waals surface area contributed by atoms with Gasteiger partial charge in [0.1, 0.15) is 0 Å². The van der Waals surface area contributed by atoms with Crippen molar-refractivity contribution >= 4 is 23.0 Å². The lowest BCUT2D eigenvalue weighted by atomic mass is 10.0. The number of hydrazone groups is 1. The number of carbonyl (C=O) groups excluding carboxylic acids is 1. The molecule has 0 atom stereocenters. The van der Waals surface area contributed by atoms with Gasteiger partial charge in [-0.2, -0.15) is 5.10 Å². The van der Waals surface area contributed by atoms with E-state index >= 15 is 0 Å². The monoisotopic (exact) mass is 453 g/mol. The van der Waals surface area contributed by atoms with Gasteiger partial charge in [0.2, 0.25) is 5.91 Å². The second-order valence-corrected chi connectivity index (χ2v) is 9.13. The van der Waals surface area contributed by atoms with Crippen LogP contribution < -0.4 is 11.0 Å². The standard InChI is InChI=1S/C28H43N3O2/c1-2-3-4-5-6-7-8-9-10-11-12-13-14-15-16-21-27(32)31-29-23-25-22-24-19-17-18-20-26(24)30-28(25)33/h17-20,22-23H,2-16,21H2,1H3,(H,30,33)(H,31,32)/b29-23+. The second-order valence-electron chi connectivity index (χ2n) is 9.13. The van der Waals surface area contributed by atoms with Crippen molar-refractivity contribution in [1.82, 2.24) is 10.4 Å². The lowest BCUT2D eigenvalue weighted by molar-refractivity contribution is -0.121. The number of para-hydroxylation sites is 1. The van der Waals surface area contributed by atoms with E-state index in [1.807, 2.05) is 24.3 Å². The van der Waals surface area contributed by atoms with Crippen LogP contribution in [0, 0.1) is 0 Å². The number of aromatic nitrogens is 1. The Labute approximate surface area is 199 Å². The minimum atomic E-state index is -0.214. The second kappa shape index (κ2) is 17.1. The summed E-state index contributed by atoms with van der Waals surface area (Å²) in [6.45, 7) is 2.27. The van der Waals surface area contributed by atoms with E-state index in [0.717, 1.165) is 23.7 Å². The highest BCUT2D eigenvalue weighted by Crippen LogP contribution is 2.14. The molecule has 182 valence electrons. The van der Waals surface area contributed by atoms with Gasteiger partial charge in [-0.25, -0.2) is 5.43 Å². The van der Waals surface area contributed by atoms with Gasteiger partial charge in [0.05, 0.1) is 11.8 Å². The van der Waals surface area contributed by atoms with Gasteiger partial charge in [0.15, 0.2) is 0 Å². The summed E-state index contributed by atoms with van der Waals surface area (Å²) < 4.78 is 0. The summed E-state index contributed by atoms with van der Waals surface area (Å²) in [5, 5.41) is 4.89. The number of benzene rings is 1. The zero-order valence-corrected chi connectivity index (χ0v) is 20.5. The van der Waals surface area contributed by atoms with Crippen LogP contribution in [0.4, 0.5) is 0 Å². The van der Waals surface area contributed by atoms with Gasteiger partial charge < -0.3 is 4.98 Å². The normalized spacial score (nSPS) is 11.4. The molecule has 0 saturated heterocycles. The van der Waals surface area contributed by atoms with Crippen LogP contribution in [0.1, 0.15) is 115 Å². The fourth-order valence-electron chi connectivity index (χ4n) is 4.15. The summed E-state index contributed by atoms with van der Waals surface area (Å²) in [6, 6.07) is 9.36. The number of hydrogen-bond donors (Lipinski definition) is 2. The van der Waals surface area contributed by atoms with E-state index in [2.05, 4.69) is 22.4 Å². The fraction of sp³-hybridized carbons (Fsp3) is 0.607. The maximum absolute atomic E-state index is 12.1. The molecule has 1 amide bonds. The molecule has 33 heavy (non-hydrogen) atoms. The van der Waals surface area contributed by atoms with Crippen LogP contribution in [0.3, 0.4) is 0 Å². The highest BCUT2D eigenvalue weighted by atomic mass is 16.2. The van der Waals surface area contributed by atoms with Crippen LogP contribution in [-0.2, 0) is 4.79 Å². The van der Waals surface area contributed by atoms with Crippen LogP contribution in [0.15, 0.2) is 40.2 Å². The number of aromatic amines is 1. The molecule has 0 aliphatic carbocycles. The molecule has 2 aromatic rings. The molecule has 0 fully saturated rings. The van der Waals surface area contributed by atoms with Gasteiger partial charge in [-0.3, -0.25) is 9.59 Å². The topological polar surface area (TPSA) is 74.3 Å². The Hall–Kier alpha value is -2.43. The Morgan fingerprint density at radius 3 is 2.00 bits per heavy atom. The quantitative estimate of drug-likeness (QED) is 0.142. The molecule has 5 nitrogen and oxygen atoms in total. The van der Waals surface area contributed by atoms with Crippen molar-refractivity contribution in [3.8, 4) is 0 Å². The average Bonchev–Trinajstić information content (AvgIpc) is 2.82. The maximum atomic E-state index is 12.1. The Morgan fingerprint density at radius 1 is 0.848 bits per heavy atom. The molecule has 0 bridgehead atoms. The van der Waals surface area contributed by atoms with Gasteiger partial charge in [0, 0.05) is 11.9 Å². The van der Waals surface area contributed by atoms with E-state index in [-0.39, 0.29) is 11.5 Å². The maximum Gasteiger partial charge on any atom is 0.257 e. The zero-order valence-electron chi connectivity index (χ0n) is 20.5. The number of rotatable bonds is 18. The van der Waals surface area contributed by atoms with Crippen molar-refractivity contribution in [3.63, 3.8) is 0 Å². The first kappa shape index (κ1) is 26.8. The van der Waals surface area contributed by atoms with Crippen LogP contribution in [0.5, 0.6) is 0 Å². The molecule has 1 heterocycles. The van der Waals surface area contributed by atoms with Gasteiger partial charge in [0.25, 0.3) is 5.56 Å². The third-order valence-corrected chi connectivity index (χ3v) is 6.18. The van der Waals surface area contributed by atoms with Crippen molar-refractivity contribution in [3.05, 3.63) is 46.2 Å². The molecule has 0 aliphatic heterocycles. The number of amides is 1. The molecular weight excluding hydrogens is 410 g/mol. The third kappa shape index (κ3) is 11.8. The predicted molar refractivity (Wildman–Crippen MR) is 140 cm³/mol. The highest BCUT2D eigenvalue weighted by molar-refractivity contribution is 5.88. The summed E-state index contributed by atoms with van der Waals surface area (Å²) in [7, 11) is 0. The largest absolute Gasteiger partial charge is 0.321 e. The first-order valence-corrected chi connectivity index (χ1v) is 13.1. The van der Waals surface area contributed by atoms with Crippen molar-refractivity contribution in [2.24, 2.45) is 5.10 Å². The van der Waals surface area contributed by atoms with Gasteiger partial charge in [-0.1, -0.05) is 115 Å². The number of fused-ring (bicyclic) bond motifs is 1. The molecular formula is C28H43N3O2. The number of carbonyl (C=O) groups is 1. The van der Waals surface area contributed by atoms with E-state index in [9.17, 15) is 9.59 Å². The fourth-order valence-corrected chi connectivity index (χ4v) is 4.15. The van der Waals surface area contributed by atoms with E-state index in [1.54, 1.807) is 6.07 Å². The third-order valence-electron chi connectivity index (χ3n) is 6.18. The number of unbranched alkanes of at least 4 members (excludes halogenated alkanes) is 14. The van der Waals surface area contributed by atoms with E-state index in [4.69, 9.17) is 0 Å². The van der Waals surface area contributed by atoms with Crippen LogP contribution in [0.2, 0.25) is 0 Å². The average molecular weight is 454 g/mol. The number of pyridine rings is 1. The molecule has 2 N–H and O–H groups in total. The van der Waals surface area contributed by atoms with Gasteiger partial charge in [-0.05, 0) is 23.9 Å². The number of nitrogens with one attached hydrogen (secondary N) is 2. The molecule has 1 aromatic carbocycles. The Morgan fingerprint density at radius 2 is 1.39 bits per heavy atom. The van der Waals surface area contributed by atoms with Crippen LogP contribution >= 0.6 is 0 Å². The minimum Gasteiger partial charge on any atom is -0.321 e. The Bertz CT molecular complexity index is 888. The molecule has 0 saturated carbocycles. The zero-order chi connectivity index (χ0) is 23.6. The number of hydrogen-bond acceptors (Lipinski definition) is 3. The first-order valence-electron chi connectivity index (χ1n) is 13.1. The molecule has 1 aromatic heterocycles. The van der Waals surface area contributed by atoms with Crippen LogP contribution in [0.25, 0.3) is 10.9 Å². The smallest absolute Gasteiger partial charge is 0.257 e.